The SMILES string of the molecule is CCCC[C@@H](CC)[C@@H](O)P(=O)(O)O. The van der Waals surface area contributed by atoms with Crippen LogP contribution in [0.2, 0.25) is 0 Å². The van der Waals surface area contributed by atoms with Gasteiger partial charge in [-0.15, -0.1) is 0 Å². The Morgan fingerprint density at radius 2 is 1.85 bits per heavy atom. The summed E-state index contributed by atoms with van der Waals surface area (Å²) >= 11 is 0. The zero-order valence-corrected chi connectivity index (χ0v) is 9.07. The van der Waals surface area contributed by atoms with E-state index in [4.69, 9.17) is 9.79 Å². The van der Waals surface area contributed by atoms with Gasteiger partial charge in [0.15, 0.2) is 5.85 Å². The van der Waals surface area contributed by atoms with Crippen molar-refractivity contribution in [3.8, 4) is 0 Å². The van der Waals surface area contributed by atoms with Gasteiger partial charge in [-0.05, 0) is 12.3 Å². The van der Waals surface area contributed by atoms with E-state index in [1.807, 2.05) is 13.8 Å². The quantitative estimate of drug-likeness (QED) is 0.583. The molecule has 0 aliphatic rings. The second-order valence-corrected chi connectivity index (χ2v) is 5.02. The van der Waals surface area contributed by atoms with Crippen molar-refractivity contribution in [3.05, 3.63) is 0 Å². The van der Waals surface area contributed by atoms with Crippen LogP contribution in [-0.4, -0.2) is 20.7 Å². The molecule has 0 aliphatic heterocycles. The second-order valence-electron chi connectivity index (χ2n) is 3.31. The number of unbranched alkanes of at least 4 members (excludes halogenated alkanes) is 1. The van der Waals surface area contributed by atoms with Gasteiger partial charge in [-0.1, -0.05) is 33.1 Å². The van der Waals surface area contributed by atoms with Crippen LogP contribution in [0.1, 0.15) is 39.5 Å². The van der Waals surface area contributed by atoms with Crippen molar-refractivity contribution in [2.45, 2.75) is 45.4 Å². The van der Waals surface area contributed by atoms with Crippen molar-refractivity contribution >= 4 is 7.60 Å². The minimum Gasteiger partial charge on any atom is -0.380 e. The molecule has 0 rings (SSSR count). The molecule has 80 valence electrons. The molecular weight excluding hydrogens is 191 g/mol. The van der Waals surface area contributed by atoms with E-state index >= 15 is 0 Å². The summed E-state index contributed by atoms with van der Waals surface area (Å²) in [5.74, 6) is -1.76. The molecule has 0 spiro atoms. The zero-order valence-electron chi connectivity index (χ0n) is 8.18. The predicted molar refractivity (Wildman–Crippen MR) is 51.4 cm³/mol. The highest BCUT2D eigenvalue weighted by molar-refractivity contribution is 7.52. The van der Waals surface area contributed by atoms with Crippen LogP contribution >= 0.6 is 7.60 Å². The monoisotopic (exact) mass is 210 g/mol. The van der Waals surface area contributed by atoms with Crippen molar-refractivity contribution in [1.82, 2.24) is 0 Å². The van der Waals surface area contributed by atoms with E-state index in [2.05, 4.69) is 0 Å². The molecule has 13 heavy (non-hydrogen) atoms. The number of aliphatic hydroxyl groups is 1. The highest BCUT2D eigenvalue weighted by Crippen LogP contribution is 2.45. The lowest BCUT2D eigenvalue weighted by Crippen LogP contribution is -2.19. The van der Waals surface area contributed by atoms with Crippen LogP contribution in [0.15, 0.2) is 0 Å². The summed E-state index contributed by atoms with van der Waals surface area (Å²) in [5, 5.41) is 9.31. The highest BCUT2D eigenvalue weighted by atomic mass is 31.2. The van der Waals surface area contributed by atoms with Crippen LogP contribution in [0.5, 0.6) is 0 Å². The van der Waals surface area contributed by atoms with Gasteiger partial charge in [-0.3, -0.25) is 4.57 Å². The molecule has 0 aromatic rings. The summed E-state index contributed by atoms with van der Waals surface area (Å²) < 4.78 is 10.7. The Morgan fingerprint density at radius 1 is 1.31 bits per heavy atom. The Hall–Kier alpha value is 0.110. The molecule has 0 aliphatic carbocycles. The van der Waals surface area contributed by atoms with Gasteiger partial charge in [-0.25, -0.2) is 0 Å². The maximum atomic E-state index is 10.7. The molecule has 0 saturated heterocycles. The Bertz CT molecular complexity index is 177. The van der Waals surface area contributed by atoms with E-state index in [0.29, 0.717) is 12.8 Å². The summed E-state index contributed by atoms with van der Waals surface area (Å²) in [6.45, 7) is 3.84. The average molecular weight is 210 g/mol. The van der Waals surface area contributed by atoms with E-state index in [1.54, 1.807) is 0 Å². The third-order valence-corrected chi connectivity index (χ3v) is 3.33. The molecule has 0 radical (unpaired) electrons. The molecule has 0 aromatic carbocycles. The fourth-order valence-corrected chi connectivity index (χ4v) is 2.21. The van der Waals surface area contributed by atoms with E-state index in [9.17, 15) is 9.67 Å². The molecule has 0 unspecified atom stereocenters. The van der Waals surface area contributed by atoms with E-state index < -0.39 is 13.4 Å². The molecule has 4 nitrogen and oxygen atoms in total. The molecule has 0 fully saturated rings. The Kier molecular flexibility index (Phi) is 5.81. The van der Waals surface area contributed by atoms with Crippen molar-refractivity contribution in [2.24, 2.45) is 5.92 Å². The summed E-state index contributed by atoms with van der Waals surface area (Å²) in [4.78, 5) is 17.5. The van der Waals surface area contributed by atoms with Gasteiger partial charge in [0, 0.05) is 0 Å². The predicted octanol–water partition coefficient (Wildman–Crippen LogP) is 1.70. The second kappa shape index (κ2) is 5.76. The van der Waals surface area contributed by atoms with E-state index in [-0.39, 0.29) is 5.92 Å². The fraction of sp³-hybridized carbons (Fsp3) is 1.00. The minimum absolute atomic E-state index is 0.277. The summed E-state index contributed by atoms with van der Waals surface area (Å²) in [6, 6.07) is 0. The maximum absolute atomic E-state index is 10.7. The lowest BCUT2D eigenvalue weighted by atomic mass is 10.0. The van der Waals surface area contributed by atoms with E-state index in [0.717, 1.165) is 12.8 Å². The first-order valence-electron chi connectivity index (χ1n) is 4.66. The van der Waals surface area contributed by atoms with Gasteiger partial charge < -0.3 is 14.9 Å². The molecule has 2 atom stereocenters. The summed E-state index contributed by atoms with van der Waals surface area (Å²) in [7, 11) is -4.31. The van der Waals surface area contributed by atoms with Gasteiger partial charge >= 0.3 is 7.60 Å². The van der Waals surface area contributed by atoms with Crippen LogP contribution in [-0.2, 0) is 4.57 Å². The van der Waals surface area contributed by atoms with Gasteiger partial charge in [-0.2, -0.15) is 0 Å². The Labute approximate surface area is 79.1 Å². The zero-order chi connectivity index (χ0) is 10.5. The lowest BCUT2D eigenvalue weighted by molar-refractivity contribution is 0.136. The van der Waals surface area contributed by atoms with Crippen molar-refractivity contribution in [1.29, 1.82) is 0 Å². The standard InChI is InChI=1S/C8H19O4P/c1-3-5-6-7(4-2)8(9)13(10,11)12/h7-9H,3-6H2,1-2H3,(H2,10,11,12)/t7-,8+/m1/s1. The average Bonchev–Trinajstić information content (AvgIpc) is 2.04. The Morgan fingerprint density at radius 3 is 2.15 bits per heavy atom. The van der Waals surface area contributed by atoms with Crippen molar-refractivity contribution in [2.75, 3.05) is 0 Å². The molecule has 0 saturated carbocycles. The highest BCUT2D eigenvalue weighted by Gasteiger charge is 2.32. The first-order valence-corrected chi connectivity index (χ1v) is 6.34. The van der Waals surface area contributed by atoms with Crippen LogP contribution in [0.4, 0.5) is 0 Å². The van der Waals surface area contributed by atoms with Gasteiger partial charge in [0.2, 0.25) is 0 Å². The summed E-state index contributed by atoms with van der Waals surface area (Å²) in [5.41, 5.74) is 0. The minimum atomic E-state index is -4.31. The topological polar surface area (TPSA) is 77.8 Å². The molecule has 0 heterocycles. The molecule has 0 bridgehead atoms. The largest absolute Gasteiger partial charge is 0.380 e. The molecule has 5 heteroatoms. The van der Waals surface area contributed by atoms with Crippen LogP contribution in [0.25, 0.3) is 0 Å². The molecular formula is C8H19O4P. The Balaban J connectivity index is 4.15. The van der Waals surface area contributed by atoms with Gasteiger partial charge in [0.1, 0.15) is 0 Å². The molecule has 0 amide bonds. The number of aliphatic hydroxyl groups excluding tert-OH is 1. The normalized spacial score (nSPS) is 17.0. The third kappa shape index (κ3) is 4.77. The van der Waals surface area contributed by atoms with Gasteiger partial charge in [0.05, 0.1) is 0 Å². The molecule has 0 aromatic heterocycles. The lowest BCUT2D eigenvalue weighted by Gasteiger charge is -2.21. The van der Waals surface area contributed by atoms with E-state index in [1.165, 1.54) is 0 Å². The van der Waals surface area contributed by atoms with Gasteiger partial charge in [0.25, 0.3) is 0 Å². The number of rotatable bonds is 6. The van der Waals surface area contributed by atoms with Crippen molar-refractivity contribution < 1.29 is 19.5 Å². The molecule has 3 N–H and O–H groups in total. The maximum Gasteiger partial charge on any atom is 0.354 e. The third-order valence-electron chi connectivity index (χ3n) is 2.22. The first kappa shape index (κ1) is 13.1. The van der Waals surface area contributed by atoms with Crippen LogP contribution in [0, 0.1) is 5.92 Å². The number of hydrogen-bond donors (Lipinski definition) is 3. The summed E-state index contributed by atoms with van der Waals surface area (Å²) in [6.07, 6.45) is 3.16. The van der Waals surface area contributed by atoms with Crippen LogP contribution < -0.4 is 0 Å². The first-order chi connectivity index (χ1) is 5.93. The fourth-order valence-electron chi connectivity index (χ4n) is 1.30. The van der Waals surface area contributed by atoms with Crippen LogP contribution in [0.3, 0.4) is 0 Å². The smallest absolute Gasteiger partial charge is 0.354 e. The van der Waals surface area contributed by atoms with Crippen molar-refractivity contribution in [3.63, 3.8) is 0 Å². The number of hydrogen-bond acceptors (Lipinski definition) is 2.